The lowest BCUT2D eigenvalue weighted by atomic mass is 10.1. The maximum Gasteiger partial charge on any atom is 0.323 e. The summed E-state index contributed by atoms with van der Waals surface area (Å²) in [7, 11) is 0. The van der Waals surface area contributed by atoms with Crippen LogP contribution in [0.1, 0.15) is 0 Å². The number of nitro benzene ring substituents is 1. The number of anilines is 2. The quantitative estimate of drug-likeness (QED) is 0.505. The molecule has 0 aliphatic carbocycles. The molecule has 0 radical (unpaired) electrons. The summed E-state index contributed by atoms with van der Waals surface area (Å²) in [6, 6.07) is 9.81. The van der Waals surface area contributed by atoms with Crippen molar-refractivity contribution < 1.29 is 9.72 Å². The van der Waals surface area contributed by atoms with Crippen molar-refractivity contribution in [2.45, 2.75) is 0 Å². The Bertz CT molecular complexity index is 928. The number of aromatic nitrogens is 4. The second-order valence-corrected chi connectivity index (χ2v) is 5.77. The Morgan fingerprint density at radius 1 is 1.24 bits per heavy atom. The fourth-order valence-electron chi connectivity index (χ4n) is 2.27. The lowest BCUT2D eigenvalue weighted by Crippen LogP contribution is -2.31. The Morgan fingerprint density at radius 2 is 1.96 bits per heavy atom. The van der Waals surface area contributed by atoms with Crippen molar-refractivity contribution in [3.8, 4) is 11.4 Å². The molecule has 25 heavy (non-hydrogen) atoms. The molecule has 0 saturated heterocycles. The Balaban J connectivity index is 2.13. The van der Waals surface area contributed by atoms with E-state index < -0.39 is 11.0 Å². The fourth-order valence-corrected chi connectivity index (χ4v) is 2.64. The van der Waals surface area contributed by atoms with Gasteiger partial charge in [0.25, 0.3) is 5.69 Å². The van der Waals surface area contributed by atoms with Crippen molar-refractivity contribution in [2.75, 3.05) is 4.90 Å². The molecule has 0 bridgehead atoms. The summed E-state index contributed by atoms with van der Waals surface area (Å²) in [6.07, 6.45) is 0. The molecule has 3 aromatic rings. The van der Waals surface area contributed by atoms with Gasteiger partial charge in [-0.2, -0.15) is 0 Å². The van der Waals surface area contributed by atoms with Crippen LogP contribution in [-0.4, -0.2) is 31.6 Å². The largest absolute Gasteiger partial charge is 0.351 e. The maximum atomic E-state index is 12.1. The van der Waals surface area contributed by atoms with Crippen LogP contribution in [0.4, 0.5) is 21.9 Å². The number of nitrogens with two attached hydrogens (primary N) is 1. The lowest BCUT2D eigenvalue weighted by Gasteiger charge is -2.22. The van der Waals surface area contributed by atoms with Gasteiger partial charge in [-0.15, -0.1) is 5.10 Å². The zero-order valence-electron chi connectivity index (χ0n) is 12.5. The molecule has 0 fully saturated rings. The first-order valence-corrected chi connectivity index (χ1v) is 7.64. The number of aromatic amines is 1. The van der Waals surface area contributed by atoms with E-state index in [1.807, 2.05) is 0 Å². The minimum atomic E-state index is -0.759. The molecular weight excluding hydrogens is 394 g/mol. The predicted octanol–water partition coefficient (Wildman–Crippen LogP) is 2.75. The molecule has 2 aromatic carbocycles. The standard InChI is InChI=1S/C14H10BrN7O3/c15-8-1-6-12(11(7-8)13-17-19-20-18-13)21(14(16)23)9-2-4-10(5-3-9)22(24)25/h1-7H,(H2,16,23)(H,17,18,19,20). The SMILES string of the molecule is NC(=O)N(c1ccc([N+](=O)[O-])cc1)c1ccc(Br)cc1-c1nnn[nH]1. The number of nitrogens with zero attached hydrogens (tertiary/aromatic N) is 5. The highest BCUT2D eigenvalue weighted by Crippen LogP contribution is 2.35. The summed E-state index contributed by atoms with van der Waals surface area (Å²) in [4.78, 5) is 23.6. The molecule has 0 aliphatic heterocycles. The summed E-state index contributed by atoms with van der Waals surface area (Å²) >= 11 is 3.36. The van der Waals surface area contributed by atoms with Crippen LogP contribution in [0.15, 0.2) is 46.9 Å². The van der Waals surface area contributed by atoms with E-state index in [1.165, 1.54) is 29.2 Å². The minimum absolute atomic E-state index is 0.0939. The van der Waals surface area contributed by atoms with Crippen LogP contribution in [-0.2, 0) is 0 Å². The van der Waals surface area contributed by atoms with Crippen LogP contribution >= 0.6 is 15.9 Å². The smallest absolute Gasteiger partial charge is 0.323 e. The van der Waals surface area contributed by atoms with Crippen molar-refractivity contribution in [1.29, 1.82) is 0 Å². The van der Waals surface area contributed by atoms with Gasteiger partial charge < -0.3 is 5.73 Å². The van der Waals surface area contributed by atoms with Crippen LogP contribution in [0.3, 0.4) is 0 Å². The molecule has 11 heteroatoms. The Morgan fingerprint density at radius 3 is 2.52 bits per heavy atom. The second-order valence-electron chi connectivity index (χ2n) is 4.86. The molecule has 3 N–H and O–H groups in total. The third-order valence-corrected chi connectivity index (χ3v) is 3.83. The number of tetrazole rings is 1. The van der Waals surface area contributed by atoms with Crippen LogP contribution in [0.5, 0.6) is 0 Å². The van der Waals surface area contributed by atoms with Crippen LogP contribution in [0, 0.1) is 10.1 Å². The highest BCUT2D eigenvalue weighted by molar-refractivity contribution is 9.10. The number of primary amides is 1. The topological polar surface area (TPSA) is 144 Å². The number of amides is 2. The zero-order chi connectivity index (χ0) is 18.0. The Hall–Kier alpha value is -3.34. The number of rotatable bonds is 4. The predicted molar refractivity (Wildman–Crippen MR) is 92.1 cm³/mol. The van der Waals surface area contributed by atoms with E-state index in [1.54, 1.807) is 18.2 Å². The van der Waals surface area contributed by atoms with Crippen molar-refractivity contribution >= 4 is 39.0 Å². The number of benzene rings is 2. The average Bonchev–Trinajstić information content (AvgIpc) is 3.11. The number of urea groups is 1. The first-order chi connectivity index (χ1) is 12.0. The molecule has 3 rings (SSSR count). The Labute approximate surface area is 148 Å². The van der Waals surface area contributed by atoms with Gasteiger partial charge in [0.2, 0.25) is 0 Å². The highest BCUT2D eigenvalue weighted by atomic mass is 79.9. The van der Waals surface area contributed by atoms with E-state index in [-0.39, 0.29) is 5.69 Å². The van der Waals surface area contributed by atoms with Crippen molar-refractivity contribution in [1.82, 2.24) is 20.6 Å². The molecule has 0 unspecified atom stereocenters. The molecule has 126 valence electrons. The first kappa shape index (κ1) is 16.5. The molecule has 0 spiro atoms. The molecule has 1 aromatic heterocycles. The van der Waals surface area contributed by atoms with Gasteiger partial charge in [0.05, 0.1) is 16.3 Å². The molecule has 2 amide bonds. The number of H-pyrrole nitrogens is 1. The molecule has 1 heterocycles. The van der Waals surface area contributed by atoms with Gasteiger partial charge >= 0.3 is 6.03 Å². The number of non-ortho nitro benzene ring substituents is 1. The third-order valence-electron chi connectivity index (χ3n) is 3.34. The number of carbonyl (C=O) groups excluding carboxylic acids is 1. The molecule has 10 nitrogen and oxygen atoms in total. The first-order valence-electron chi connectivity index (χ1n) is 6.85. The van der Waals surface area contributed by atoms with Crippen LogP contribution in [0.2, 0.25) is 0 Å². The third kappa shape index (κ3) is 3.30. The normalized spacial score (nSPS) is 10.4. The second kappa shape index (κ2) is 6.65. The summed E-state index contributed by atoms with van der Waals surface area (Å²) in [5.74, 6) is 0.337. The van der Waals surface area contributed by atoms with Crippen molar-refractivity contribution in [3.63, 3.8) is 0 Å². The van der Waals surface area contributed by atoms with Gasteiger partial charge in [-0.1, -0.05) is 15.9 Å². The lowest BCUT2D eigenvalue weighted by molar-refractivity contribution is -0.384. The van der Waals surface area contributed by atoms with Gasteiger partial charge in [-0.25, -0.2) is 9.89 Å². The number of hydrogen-bond donors (Lipinski definition) is 2. The van der Waals surface area contributed by atoms with Gasteiger partial charge in [0.1, 0.15) is 0 Å². The fraction of sp³-hybridized carbons (Fsp3) is 0. The number of nitrogens with one attached hydrogen (secondary N) is 1. The number of nitro groups is 1. The summed E-state index contributed by atoms with van der Waals surface area (Å²) in [6.45, 7) is 0. The van der Waals surface area contributed by atoms with E-state index in [2.05, 4.69) is 36.6 Å². The molecular formula is C14H10BrN7O3. The summed E-state index contributed by atoms with van der Waals surface area (Å²) in [5.41, 5.74) is 6.76. The maximum absolute atomic E-state index is 12.1. The molecule has 0 saturated carbocycles. The van der Waals surface area contributed by atoms with Crippen LogP contribution < -0.4 is 10.6 Å². The number of hydrogen-bond acceptors (Lipinski definition) is 6. The number of halogens is 1. The van der Waals surface area contributed by atoms with Gasteiger partial charge in [0.15, 0.2) is 5.82 Å². The average molecular weight is 404 g/mol. The summed E-state index contributed by atoms with van der Waals surface area (Å²) < 4.78 is 0.746. The molecule has 0 aliphatic rings. The highest BCUT2D eigenvalue weighted by Gasteiger charge is 2.21. The van der Waals surface area contributed by atoms with E-state index >= 15 is 0 Å². The van der Waals surface area contributed by atoms with E-state index in [0.717, 1.165) is 4.47 Å². The van der Waals surface area contributed by atoms with Crippen LogP contribution in [0.25, 0.3) is 11.4 Å². The van der Waals surface area contributed by atoms with Crippen molar-refractivity contribution in [3.05, 3.63) is 57.1 Å². The molecule has 0 atom stereocenters. The minimum Gasteiger partial charge on any atom is -0.351 e. The Kier molecular flexibility index (Phi) is 4.39. The van der Waals surface area contributed by atoms with Crippen molar-refractivity contribution in [2.24, 2.45) is 5.73 Å². The summed E-state index contributed by atoms with van der Waals surface area (Å²) in [5, 5.41) is 24.3. The van der Waals surface area contributed by atoms with E-state index in [0.29, 0.717) is 22.8 Å². The zero-order valence-corrected chi connectivity index (χ0v) is 14.0. The van der Waals surface area contributed by atoms with Gasteiger partial charge in [0, 0.05) is 22.2 Å². The van der Waals surface area contributed by atoms with E-state index in [4.69, 9.17) is 5.73 Å². The van der Waals surface area contributed by atoms with E-state index in [9.17, 15) is 14.9 Å². The van der Waals surface area contributed by atoms with Gasteiger partial charge in [-0.05, 0) is 40.8 Å². The number of carbonyl (C=O) groups is 1. The monoisotopic (exact) mass is 403 g/mol. The van der Waals surface area contributed by atoms with Gasteiger partial charge in [-0.3, -0.25) is 15.0 Å².